The number of amides is 3. The van der Waals surface area contributed by atoms with Gasteiger partial charge in [0, 0.05) is 39.7 Å². The molecular formula is C38H43BrN4O6. The zero-order valence-corrected chi connectivity index (χ0v) is 30.5. The Morgan fingerprint density at radius 3 is 2.33 bits per heavy atom. The Morgan fingerprint density at radius 1 is 0.939 bits per heavy atom. The van der Waals surface area contributed by atoms with E-state index in [9.17, 15) is 14.4 Å². The molecule has 2 heterocycles. The SMILES string of the molecule is COc1ccc2c(O[C@@H]3C[C@@H](C(=O)Nc4cccc(Br)c4)N(C(=O)[C@@H](NC(=O)OC(C)(C)C)C(C)(C)C)C3)cc(-c3ccccc3)nc2c1. The average molecular weight is 732 g/mol. The lowest BCUT2D eigenvalue weighted by Gasteiger charge is -2.35. The van der Waals surface area contributed by atoms with Crippen molar-refractivity contribution in [2.45, 2.75) is 71.8 Å². The molecule has 3 aromatic carbocycles. The maximum Gasteiger partial charge on any atom is 0.408 e. The lowest BCUT2D eigenvalue weighted by molar-refractivity contribution is -0.140. The van der Waals surface area contributed by atoms with Crippen LogP contribution in [0.1, 0.15) is 48.0 Å². The van der Waals surface area contributed by atoms with Gasteiger partial charge >= 0.3 is 6.09 Å². The zero-order chi connectivity index (χ0) is 35.5. The number of hydrogen-bond acceptors (Lipinski definition) is 7. The summed E-state index contributed by atoms with van der Waals surface area (Å²) >= 11 is 3.45. The Balaban J connectivity index is 1.50. The minimum absolute atomic E-state index is 0.110. The number of benzene rings is 3. The first kappa shape index (κ1) is 35.7. The fourth-order valence-electron chi connectivity index (χ4n) is 5.74. The normalized spacial score (nSPS) is 16.9. The van der Waals surface area contributed by atoms with Gasteiger partial charge in [0.25, 0.3) is 0 Å². The molecule has 258 valence electrons. The Hall–Kier alpha value is -4.64. The predicted molar refractivity (Wildman–Crippen MR) is 194 cm³/mol. The molecule has 11 heteroatoms. The molecule has 3 atom stereocenters. The lowest BCUT2D eigenvalue weighted by atomic mass is 9.85. The minimum atomic E-state index is -0.985. The molecule has 0 bridgehead atoms. The maximum absolute atomic E-state index is 14.4. The number of ether oxygens (including phenoxy) is 3. The fraction of sp³-hybridized carbons (Fsp3) is 0.368. The van der Waals surface area contributed by atoms with Crippen LogP contribution in [0.5, 0.6) is 11.5 Å². The molecule has 1 aliphatic rings. The molecule has 0 saturated carbocycles. The smallest absolute Gasteiger partial charge is 0.408 e. The van der Waals surface area contributed by atoms with Gasteiger partial charge in [-0.1, -0.05) is 73.1 Å². The molecular weight excluding hydrogens is 688 g/mol. The van der Waals surface area contributed by atoms with Crippen molar-refractivity contribution < 1.29 is 28.6 Å². The number of fused-ring (bicyclic) bond motifs is 1. The number of hydrogen-bond donors (Lipinski definition) is 2. The van der Waals surface area contributed by atoms with Crippen LogP contribution in [0, 0.1) is 5.41 Å². The summed E-state index contributed by atoms with van der Waals surface area (Å²) in [6.45, 7) is 11.0. The van der Waals surface area contributed by atoms with E-state index in [2.05, 4.69) is 26.6 Å². The van der Waals surface area contributed by atoms with E-state index in [4.69, 9.17) is 19.2 Å². The van der Waals surface area contributed by atoms with Gasteiger partial charge < -0.3 is 29.7 Å². The van der Waals surface area contributed by atoms with Gasteiger partial charge in [-0.3, -0.25) is 9.59 Å². The summed E-state index contributed by atoms with van der Waals surface area (Å²) in [4.78, 5) is 47.7. The van der Waals surface area contributed by atoms with Crippen LogP contribution >= 0.6 is 15.9 Å². The van der Waals surface area contributed by atoms with E-state index in [0.717, 1.165) is 15.4 Å². The Labute approximate surface area is 295 Å². The third-order valence-corrected chi connectivity index (χ3v) is 8.55. The molecule has 49 heavy (non-hydrogen) atoms. The third kappa shape index (κ3) is 8.89. The molecule has 1 fully saturated rings. The first-order chi connectivity index (χ1) is 23.1. The largest absolute Gasteiger partial charge is 0.497 e. The van der Waals surface area contributed by atoms with E-state index in [-0.39, 0.29) is 18.9 Å². The number of aromatic nitrogens is 1. The highest BCUT2D eigenvalue weighted by molar-refractivity contribution is 9.10. The van der Waals surface area contributed by atoms with E-state index in [0.29, 0.717) is 28.4 Å². The number of likely N-dealkylation sites (tertiary alicyclic amines) is 1. The number of pyridine rings is 1. The molecule has 2 N–H and O–H groups in total. The molecule has 0 radical (unpaired) electrons. The molecule has 1 aliphatic heterocycles. The molecule has 5 rings (SSSR count). The van der Waals surface area contributed by atoms with Gasteiger partial charge in [0.1, 0.15) is 35.3 Å². The minimum Gasteiger partial charge on any atom is -0.497 e. The number of anilines is 1. The molecule has 4 aromatic rings. The van der Waals surface area contributed by atoms with Crippen LogP contribution in [0.15, 0.2) is 83.3 Å². The quantitative estimate of drug-likeness (QED) is 0.192. The number of rotatable bonds is 8. The summed E-state index contributed by atoms with van der Waals surface area (Å²) in [5, 5.41) is 6.51. The molecule has 1 aromatic heterocycles. The summed E-state index contributed by atoms with van der Waals surface area (Å²) in [6.07, 6.45) is -1.05. The van der Waals surface area contributed by atoms with Gasteiger partial charge in [0.2, 0.25) is 11.8 Å². The third-order valence-electron chi connectivity index (χ3n) is 8.06. The van der Waals surface area contributed by atoms with Crippen LogP contribution in [-0.2, 0) is 14.3 Å². The second kappa shape index (κ2) is 14.5. The van der Waals surface area contributed by atoms with E-state index >= 15 is 0 Å². The number of halogens is 1. The van der Waals surface area contributed by atoms with Crippen molar-refractivity contribution in [3.63, 3.8) is 0 Å². The van der Waals surface area contributed by atoms with Crippen molar-refractivity contribution in [2.24, 2.45) is 5.41 Å². The summed E-state index contributed by atoms with van der Waals surface area (Å²) in [5.41, 5.74) is 1.42. The lowest BCUT2D eigenvalue weighted by Crippen LogP contribution is -2.57. The molecule has 0 unspecified atom stereocenters. The van der Waals surface area contributed by atoms with Crippen molar-refractivity contribution in [1.29, 1.82) is 0 Å². The molecule has 0 aliphatic carbocycles. The van der Waals surface area contributed by atoms with Crippen molar-refractivity contribution in [1.82, 2.24) is 15.2 Å². The van der Waals surface area contributed by atoms with Crippen molar-refractivity contribution in [3.8, 4) is 22.8 Å². The first-order valence-electron chi connectivity index (χ1n) is 16.2. The fourth-order valence-corrected chi connectivity index (χ4v) is 6.14. The predicted octanol–water partition coefficient (Wildman–Crippen LogP) is 7.60. The highest BCUT2D eigenvalue weighted by Gasteiger charge is 2.46. The van der Waals surface area contributed by atoms with Gasteiger partial charge in [-0.15, -0.1) is 0 Å². The van der Waals surface area contributed by atoms with E-state index in [1.807, 2.05) is 87.5 Å². The number of carbonyl (C=O) groups is 3. The number of alkyl carbamates (subject to hydrolysis) is 1. The van der Waals surface area contributed by atoms with Crippen molar-refractivity contribution in [3.05, 3.63) is 83.3 Å². The second-order valence-corrected chi connectivity index (χ2v) is 15.1. The topological polar surface area (TPSA) is 119 Å². The van der Waals surface area contributed by atoms with Gasteiger partial charge in [0.05, 0.1) is 24.9 Å². The summed E-state index contributed by atoms with van der Waals surface area (Å²) in [6, 6.07) is 22.6. The van der Waals surface area contributed by atoms with Gasteiger partial charge in [0.15, 0.2) is 0 Å². The molecule has 0 spiro atoms. The molecule has 1 saturated heterocycles. The van der Waals surface area contributed by atoms with Crippen LogP contribution in [0.3, 0.4) is 0 Å². The maximum atomic E-state index is 14.4. The Kier molecular flexibility index (Phi) is 10.5. The highest BCUT2D eigenvalue weighted by atomic mass is 79.9. The van der Waals surface area contributed by atoms with Crippen LogP contribution in [0.2, 0.25) is 0 Å². The van der Waals surface area contributed by atoms with Gasteiger partial charge in [-0.25, -0.2) is 9.78 Å². The molecule has 3 amide bonds. The number of nitrogens with zero attached hydrogens (tertiary/aromatic N) is 2. The van der Waals surface area contributed by atoms with E-state index in [1.165, 1.54) is 4.90 Å². The van der Waals surface area contributed by atoms with Crippen LogP contribution < -0.4 is 20.1 Å². The highest BCUT2D eigenvalue weighted by Crippen LogP contribution is 2.35. The summed E-state index contributed by atoms with van der Waals surface area (Å²) in [7, 11) is 1.60. The number of carbonyl (C=O) groups excluding carboxylic acids is 3. The first-order valence-corrected chi connectivity index (χ1v) is 17.0. The monoisotopic (exact) mass is 730 g/mol. The van der Waals surface area contributed by atoms with E-state index < -0.39 is 41.2 Å². The second-order valence-electron chi connectivity index (χ2n) is 14.2. The summed E-state index contributed by atoms with van der Waals surface area (Å²) in [5.74, 6) is 0.449. The Morgan fingerprint density at radius 2 is 1.67 bits per heavy atom. The van der Waals surface area contributed by atoms with Crippen LogP contribution in [-0.4, -0.2) is 65.2 Å². The standard InChI is InChI=1S/C38H43BrN4O6/c1-37(2,3)33(42-36(46)49-38(4,5)6)35(45)43-22-27(20-31(43)34(44)40-25-15-11-14-24(39)18-25)48-32-21-29(23-12-9-8-10-13-23)41-30-19-26(47-7)16-17-28(30)32/h8-19,21,27,31,33H,20,22H2,1-7H3,(H,40,44)(H,42,46)/t27-,31+,33-/m1/s1. The van der Waals surface area contributed by atoms with E-state index in [1.54, 1.807) is 40.0 Å². The zero-order valence-electron chi connectivity index (χ0n) is 28.9. The Bertz CT molecular complexity index is 1840. The van der Waals surface area contributed by atoms with Crippen molar-refractivity contribution >= 4 is 50.4 Å². The van der Waals surface area contributed by atoms with Gasteiger partial charge in [-0.05, 0) is 56.5 Å². The van der Waals surface area contributed by atoms with Crippen LogP contribution in [0.25, 0.3) is 22.2 Å². The molecule has 10 nitrogen and oxygen atoms in total. The van der Waals surface area contributed by atoms with Crippen LogP contribution in [0.4, 0.5) is 10.5 Å². The number of methoxy groups -OCH3 is 1. The summed E-state index contributed by atoms with van der Waals surface area (Å²) < 4.78 is 18.5. The number of nitrogens with one attached hydrogen (secondary N) is 2. The van der Waals surface area contributed by atoms with Crippen molar-refractivity contribution in [2.75, 3.05) is 19.0 Å². The average Bonchev–Trinajstić information content (AvgIpc) is 3.46. The van der Waals surface area contributed by atoms with Gasteiger partial charge in [-0.2, -0.15) is 0 Å².